The van der Waals surface area contributed by atoms with Crippen LogP contribution in [0.2, 0.25) is 0 Å². The molecule has 0 unspecified atom stereocenters. The third-order valence-electron chi connectivity index (χ3n) is 3.87. The lowest BCUT2D eigenvalue weighted by atomic mass is 10.1. The Morgan fingerprint density at radius 3 is 2.42 bits per heavy atom. The summed E-state index contributed by atoms with van der Waals surface area (Å²) >= 11 is 0. The molecule has 2 amide bonds. The highest BCUT2D eigenvalue weighted by Gasteiger charge is 2.65. The fraction of sp³-hybridized carbons (Fsp3) is 0.167. The van der Waals surface area contributed by atoms with Crippen molar-refractivity contribution in [1.29, 1.82) is 0 Å². The van der Waals surface area contributed by atoms with Gasteiger partial charge in [-0.2, -0.15) is 13.2 Å². The predicted octanol–water partition coefficient (Wildman–Crippen LogP) is 2.56. The Bertz CT molecular complexity index is 894. The van der Waals surface area contributed by atoms with Gasteiger partial charge < -0.3 is 10.6 Å². The molecular weight excluding hydrogens is 347 g/mol. The van der Waals surface area contributed by atoms with E-state index >= 15 is 0 Å². The predicted molar refractivity (Wildman–Crippen MR) is 88.6 cm³/mol. The number of nitrogens with one attached hydrogen (secondary N) is 2. The SMILES string of the molecule is Cc1cccc(C2=N[C@@](NC(=O)c3ccccc3)(C(F)(F)F)C(=O)N2)c1. The van der Waals surface area contributed by atoms with Crippen molar-refractivity contribution >= 4 is 17.6 Å². The Morgan fingerprint density at radius 1 is 1.12 bits per heavy atom. The van der Waals surface area contributed by atoms with Crippen LogP contribution < -0.4 is 10.6 Å². The van der Waals surface area contributed by atoms with Gasteiger partial charge in [0, 0.05) is 11.1 Å². The van der Waals surface area contributed by atoms with Crippen LogP contribution in [0.5, 0.6) is 0 Å². The minimum atomic E-state index is -5.12. The summed E-state index contributed by atoms with van der Waals surface area (Å²) < 4.78 is 41.2. The van der Waals surface area contributed by atoms with E-state index < -0.39 is 23.7 Å². The lowest BCUT2D eigenvalue weighted by molar-refractivity contribution is -0.192. The molecule has 1 atom stereocenters. The van der Waals surface area contributed by atoms with Gasteiger partial charge in [0.1, 0.15) is 5.84 Å². The molecule has 0 aliphatic carbocycles. The summed E-state index contributed by atoms with van der Waals surface area (Å²) in [6, 6.07) is 13.8. The highest BCUT2D eigenvalue weighted by atomic mass is 19.4. The van der Waals surface area contributed by atoms with Crippen molar-refractivity contribution in [3.8, 4) is 0 Å². The highest BCUT2D eigenvalue weighted by Crippen LogP contribution is 2.35. The minimum Gasteiger partial charge on any atom is -0.312 e. The Hall–Kier alpha value is -3.16. The van der Waals surface area contributed by atoms with Crippen LogP contribution >= 0.6 is 0 Å². The third kappa shape index (κ3) is 3.05. The number of rotatable bonds is 3. The second kappa shape index (κ2) is 6.29. The van der Waals surface area contributed by atoms with E-state index in [9.17, 15) is 22.8 Å². The molecule has 0 saturated heterocycles. The summed E-state index contributed by atoms with van der Waals surface area (Å²) in [5, 5.41) is 3.88. The summed E-state index contributed by atoms with van der Waals surface area (Å²) in [5.74, 6) is -2.75. The average Bonchev–Trinajstić information content (AvgIpc) is 2.93. The number of aryl methyl sites for hydroxylation is 1. The van der Waals surface area contributed by atoms with Gasteiger partial charge in [0.05, 0.1) is 0 Å². The fourth-order valence-corrected chi connectivity index (χ4v) is 2.55. The van der Waals surface area contributed by atoms with Gasteiger partial charge >= 0.3 is 11.8 Å². The molecule has 5 nitrogen and oxygen atoms in total. The van der Waals surface area contributed by atoms with Crippen molar-refractivity contribution in [2.45, 2.75) is 18.8 Å². The van der Waals surface area contributed by atoms with Gasteiger partial charge in [-0.3, -0.25) is 9.59 Å². The van der Waals surface area contributed by atoms with E-state index in [0.717, 1.165) is 5.56 Å². The van der Waals surface area contributed by atoms with E-state index in [0.29, 0.717) is 5.56 Å². The molecule has 2 aromatic rings. The lowest BCUT2D eigenvalue weighted by Gasteiger charge is -2.27. The zero-order chi connectivity index (χ0) is 18.9. The topological polar surface area (TPSA) is 70.6 Å². The smallest absolute Gasteiger partial charge is 0.312 e. The van der Waals surface area contributed by atoms with Gasteiger partial charge in [-0.05, 0) is 25.1 Å². The van der Waals surface area contributed by atoms with Crippen molar-refractivity contribution in [2.75, 3.05) is 0 Å². The van der Waals surface area contributed by atoms with Gasteiger partial charge in [0.15, 0.2) is 0 Å². The minimum absolute atomic E-state index is 0.0110. The Morgan fingerprint density at radius 2 is 1.81 bits per heavy atom. The highest BCUT2D eigenvalue weighted by molar-refractivity contribution is 6.16. The zero-order valence-electron chi connectivity index (χ0n) is 13.6. The number of alkyl halides is 3. The molecule has 8 heteroatoms. The maximum absolute atomic E-state index is 13.7. The Balaban J connectivity index is 2.02. The molecule has 26 heavy (non-hydrogen) atoms. The summed E-state index contributed by atoms with van der Waals surface area (Å²) in [6.07, 6.45) is -5.12. The molecular formula is C18H14F3N3O2. The third-order valence-corrected chi connectivity index (χ3v) is 3.87. The van der Waals surface area contributed by atoms with E-state index in [1.165, 1.54) is 30.3 Å². The number of benzene rings is 2. The summed E-state index contributed by atoms with van der Waals surface area (Å²) in [5.41, 5.74) is -2.28. The number of aliphatic imine (C=N–C) groups is 1. The standard InChI is InChI=1S/C18H14F3N3O2/c1-11-6-5-9-13(10-11)14-22-16(26)17(23-14,18(19,20)21)24-15(25)12-7-3-2-4-8-12/h2-10H,1H3,(H,24,25)(H,22,23,26)/t17-/m0/s1. The molecule has 1 heterocycles. The molecule has 0 bridgehead atoms. The maximum Gasteiger partial charge on any atom is 0.442 e. The molecule has 3 rings (SSSR count). The van der Waals surface area contributed by atoms with Crippen molar-refractivity contribution in [3.05, 3.63) is 71.3 Å². The van der Waals surface area contributed by atoms with Crippen LogP contribution in [-0.2, 0) is 4.79 Å². The number of hydrogen-bond acceptors (Lipinski definition) is 3. The van der Waals surface area contributed by atoms with Crippen molar-refractivity contribution in [1.82, 2.24) is 10.6 Å². The number of carbonyl (C=O) groups excluding carboxylic acids is 2. The first-order valence-corrected chi connectivity index (χ1v) is 7.65. The van der Waals surface area contributed by atoms with Gasteiger partial charge in [-0.15, -0.1) is 0 Å². The summed E-state index contributed by atoms with van der Waals surface area (Å²) in [6.45, 7) is 1.76. The Kier molecular flexibility index (Phi) is 4.27. The fourth-order valence-electron chi connectivity index (χ4n) is 2.55. The van der Waals surface area contributed by atoms with E-state index in [1.807, 2.05) is 0 Å². The van der Waals surface area contributed by atoms with Gasteiger partial charge in [0.25, 0.3) is 11.8 Å². The second-order valence-electron chi connectivity index (χ2n) is 5.81. The average molecular weight is 361 g/mol. The number of nitrogens with zero attached hydrogens (tertiary/aromatic N) is 1. The number of hydrogen-bond donors (Lipinski definition) is 2. The van der Waals surface area contributed by atoms with Crippen molar-refractivity contribution in [3.63, 3.8) is 0 Å². The normalized spacial score (nSPS) is 19.7. The van der Waals surface area contributed by atoms with Crippen molar-refractivity contribution < 1.29 is 22.8 Å². The van der Waals surface area contributed by atoms with Crippen LogP contribution in [0.1, 0.15) is 21.5 Å². The quantitative estimate of drug-likeness (QED) is 0.882. The second-order valence-corrected chi connectivity index (χ2v) is 5.81. The van der Waals surface area contributed by atoms with Gasteiger partial charge in [0.2, 0.25) is 0 Å². The van der Waals surface area contributed by atoms with Gasteiger partial charge in [-0.1, -0.05) is 42.0 Å². The van der Waals surface area contributed by atoms with Crippen LogP contribution in [0.15, 0.2) is 59.6 Å². The van der Waals surface area contributed by atoms with Crippen LogP contribution in [0, 0.1) is 6.92 Å². The van der Waals surface area contributed by atoms with E-state index in [-0.39, 0.29) is 11.4 Å². The molecule has 0 saturated carbocycles. The molecule has 1 aliphatic heterocycles. The molecule has 0 aromatic heterocycles. The summed E-state index contributed by atoms with van der Waals surface area (Å²) in [7, 11) is 0. The number of amides is 2. The van der Waals surface area contributed by atoms with Crippen LogP contribution in [0.4, 0.5) is 13.2 Å². The molecule has 0 spiro atoms. The largest absolute Gasteiger partial charge is 0.442 e. The van der Waals surface area contributed by atoms with Crippen molar-refractivity contribution in [2.24, 2.45) is 4.99 Å². The lowest BCUT2D eigenvalue weighted by Crippen LogP contribution is -2.63. The molecule has 0 radical (unpaired) electrons. The number of carbonyl (C=O) groups is 2. The number of amidine groups is 1. The molecule has 1 aliphatic rings. The first-order chi connectivity index (χ1) is 12.2. The number of halogens is 3. The van der Waals surface area contributed by atoms with Gasteiger partial charge in [-0.25, -0.2) is 4.99 Å². The molecule has 2 aromatic carbocycles. The first kappa shape index (κ1) is 17.7. The van der Waals surface area contributed by atoms with E-state index in [1.54, 1.807) is 36.5 Å². The van der Waals surface area contributed by atoms with E-state index in [4.69, 9.17) is 0 Å². The first-order valence-electron chi connectivity index (χ1n) is 7.65. The van der Waals surface area contributed by atoms with Crippen LogP contribution in [0.25, 0.3) is 0 Å². The monoisotopic (exact) mass is 361 g/mol. The van der Waals surface area contributed by atoms with Crippen LogP contribution in [-0.4, -0.2) is 29.5 Å². The molecule has 2 N–H and O–H groups in total. The zero-order valence-corrected chi connectivity index (χ0v) is 13.6. The van der Waals surface area contributed by atoms with Crippen LogP contribution in [0.3, 0.4) is 0 Å². The Labute approximate surface area is 146 Å². The molecule has 134 valence electrons. The summed E-state index contributed by atoms with van der Waals surface area (Å²) in [4.78, 5) is 28.0. The molecule has 0 fully saturated rings. The van der Waals surface area contributed by atoms with E-state index in [2.05, 4.69) is 10.3 Å². The maximum atomic E-state index is 13.7.